The van der Waals surface area contributed by atoms with Crippen molar-refractivity contribution in [3.63, 3.8) is 0 Å². The number of amides is 1. The van der Waals surface area contributed by atoms with Gasteiger partial charge in [0.1, 0.15) is 41.7 Å². The smallest absolute Gasteiger partial charge is 0.744 e. The van der Waals surface area contributed by atoms with E-state index in [-0.39, 0.29) is 67.5 Å². The molecule has 5 aromatic rings. The summed E-state index contributed by atoms with van der Waals surface area (Å²) in [4.78, 5) is 9.91. The second kappa shape index (κ2) is 15.1. The molecule has 226 valence electrons. The molecule has 47 heavy (non-hydrogen) atoms. The molecule has 0 saturated heterocycles. The Hall–Kier alpha value is -2.99. The van der Waals surface area contributed by atoms with Gasteiger partial charge in [-0.1, -0.05) is 48.5 Å². The van der Waals surface area contributed by atoms with Crippen LogP contribution in [0.1, 0.15) is 10.4 Å². The predicted octanol–water partition coefficient (Wildman–Crippen LogP) is -4.91. The van der Waals surface area contributed by atoms with Gasteiger partial charge in [0, 0.05) is 16.3 Å². The molecule has 0 atom stereocenters. The van der Waals surface area contributed by atoms with E-state index in [4.69, 9.17) is 0 Å². The van der Waals surface area contributed by atoms with Crippen molar-refractivity contribution in [2.24, 2.45) is 10.2 Å². The third kappa shape index (κ3) is 8.55. The molecule has 0 unspecified atom stereocenters. The zero-order chi connectivity index (χ0) is 32.0. The molecule has 2 N–H and O–H groups in total. The minimum absolute atomic E-state index is 0. The molecule has 5 rings (SSSR count). The van der Waals surface area contributed by atoms with Gasteiger partial charge in [-0.3, -0.25) is 4.79 Å². The van der Waals surface area contributed by atoms with Crippen LogP contribution in [-0.4, -0.2) is 49.9 Å². The number of nitrogens with one attached hydrogen (secondary N) is 1. The van der Waals surface area contributed by atoms with Crippen LogP contribution in [0.2, 0.25) is 0 Å². The molecule has 0 bridgehead atoms. The van der Waals surface area contributed by atoms with Gasteiger partial charge in [0.2, 0.25) is 0 Å². The molecule has 0 aliphatic heterocycles. The summed E-state index contributed by atoms with van der Waals surface area (Å²) in [6.07, 6.45) is 0. The van der Waals surface area contributed by atoms with Gasteiger partial charge in [0.15, 0.2) is 5.75 Å². The molecule has 0 spiro atoms. The van der Waals surface area contributed by atoms with Crippen LogP contribution in [0.3, 0.4) is 0 Å². The molecular formula is C27H16Li3N3O11S3. The molecule has 0 aliphatic rings. The van der Waals surface area contributed by atoms with Gasteiger partial charge >= 0.3 is 56.6 Å². The van der Waals surface area contributed by atoms with Gasteiger partial charge in [0.05, 0.1) is 20.4 Å². The molecule has 20 heteroatoms. The second-order valence-corrected chi connectivity index (χ2v) is 13.2. The Balaban J connectivity index is 0.00000256. The number of aromatic hydroxyl groups is 1. The molecule has 0 fully saturated rings. The Labute approximate surface area is 304 Å². The van der Waals surface area contributed by atoms with Crippen LogP contribution in [0, 0.1) is 0 Å². The van der Waals surface area contributed by atoms with E-state index in [1.54, 1.807) is 12.1 Å². The summed E-state index contributed by atoms with van der Waals surface area (Å²) in [6.45, 7) is 0. The number of benzene rings is 5. The first-order chi connectivity index (χ1) is 20.6. The van der Waals surface area contributed by atoms with Gasteiger partial charge < -0.3 is 24.1 Å². The Kier molecular flexibility index (Phi) is 12.9. The van der Waals surface area contributed by atoms with Crippen molar-refractivity contribution < 1.29 is 105 Å². The normalized spacial score (nSPS) is 11.8. The van der Waals surface area contributed by atoms with Crippen molar-refractivity contribution in [1.29, 1.82) is 0 Å². The Morgan fingerprint density at radius 3 is 1.89 bits per heavy atom. The summed E-state index contributed by atoms with van der Waals surface area (Å²) in [5, 5.41) is 20.3. The summed E-state index contributed by atoms with van der Waals surface area (Å²) >= 11 is 0. The minimum Gasteiger partial charge on any atom is -0.744 e. The molecular weight excluding hydrogens is 659 g/mol. The van der Waals surface area contributed by atoms with Crippen molar-refractivity contribution in [3.8, 4) is 5.75 Å². The molecule has 0 aliphatic carbocycles. The SMILES string of the molecule is O=C(Nc1cc(S(=O)(=O)[O-])cc2cc(S(=O)(=O)[O-])c(N=Nc3ccc4ccccc4c3S(=O)(=O)[O-])c(O)c12)c1ccccc1.[Li+].[Li+].[Li+]. The number of phenolic OH excluding ortho intramolecular Hbond substituents is 1. The average Bonchev–Trinajstić information content (AvgIpc) is 2.94. The quantitative estimate of drug-likeness (QED) is 0.0940. The molecule has 0 saturated carbocycles. The van der Waals surface area contributed by atoms with Crippen molar-refractivity contribution in [2.75, 3.05) is 5.32 Å². The number of nitrogens with zero attached hydrogens (tertiary/aromatic N) is 2. The molecule has 0 heterocycles. The number of hydrogen-bond acceptors (Lipinski definition) is 13. The molecule has 14 nitrogen and oxygen atoms in total. The maximum atomic E-state index is 12.9. The fourth-order valence-electron chi connectivity index (χ4n) is 4.45. The Bertz CT molecular complexity index is 2380. The van der Waals surface area contributed by atoms with Gasteiger partial charge in [-0.25, -0.2) is 25.3 Å². The third-order valence-electron chi connectivity index (χ3n) is 6.33. The van der Waals surface area contributed by atoms with Crippen LogP contribution >= 0.6 is 0 Å². The molecule has 1 amide bonds. The minimum atomic E-state index is -5.51. The summed E-state index contributed by atoms with van der Waals surface area (Å²) < 4.78 is 109. The topological polar surface area (TPSA) is 246 Å². The zero-order valence-corrected chi connectivity index (χ0v) is 27.2. The van der Waals surface area contributed by atoms with E-state index >= 15 is 0 Å². The van der Waals surface area contributed by atoms with Crippen molar-refractivity contribution in [3.05, 3.63) is 90.5 Å². The summed E-state index contributed by atoms with van der Waals surface area (Å²) in [5.41, 5.74) is -1.99. The largest absolute Gasteiger partial charge is 1.00 e. The maximum absolute atomic E-state index is 12.9. The fourth-order valence-corrected chi connectivity index (χ4v) is 6.45. The molecule has 0 aromatic heterocycles. The van der Waals surface area contributed by atoms with Crippen LogP contribution < -0.4 is 61.9 Å². The monoisotopic (exact) mass is 675 g/mol. The van der Waals surface area contributed by atoms with Crippen LogP contribution in [0.25, 0.3) is 21.5 Å². The Morgan fingerprint density at radius 2 is 1.30 bits per heavy atom. The van der Waals surface area contributed by atoms with Gasteiger partial charge in [0.25, 0.3) is 5.91 Å². The number of rotatable bonds is 7. The Morgan fingerprint density at radius 1 is 0.681 bits per heavy atom. The molecule has 0 radical (unpaired) electrons. The fraction of sp³-hybridized carbons (Fsp3) is 0. The van der Waals surface area contributed by atoms with Crippen molar-refractivity contribution >= 4 is 74.9 Å². The number of carbonyl (C=O) groups excluding carboxylic acids is 1. The van der Waals surface area contributed by atoms with Crippen LogP contribution in [0.4, 0.5) is 17.1 Å². The predicted molar refractivity (Wildman–Crippen MR) is 152 cm³/mol. The molecule has 5 aromatic carbocycles. The van der Waals surface area contributed by atoms with E-state index in [0.717, 1.165) is 6.07 Å². The zero-order valence-electron chi connectivity index (χ0n) is 24.7. The summed E-state index contributed by atoms with van der Waals surface area (Å²) in [6, 6.07) is 17.8. The van der Waals surface area contributed by atoms with Crippen LogP contribution in [0.15, 0.2) is 110 Å². The number of hydrogen-bond donors (Lipinski definition) is 2. The van der Waals surface area contributed by atoms with Gasteiger partial charge in [-0.2, -0.15) is 0 Å². The van der Waals surface area contributed by atoms with Crippen molar-refractivity contribution in [2.45, 2.75) is 14.7 Å². The van der Waals surface area contributed by atoms with Gasteiger partial charge in [-0.15, -0.1) is 10.2 Å². The number of anilines is 1. The van der Waals surface area contributed by atoms with Crippen LogP contribution in [0.5, 0.6) is 5.75 Å². The van der Waals surface area contributed by atoms with E-state index < -0.39 is 84.5 Å². The third-order valence-corrected chi connectivity index (χ3v) is 8.92. The van der Waals surface area contributed by atoms with E-state index in [9.17, 15) is 48.8 Å². The average molecular weight is 675 g/mol. The standard InChI is InChI=1S/C27H19N3O11S3.3Li/c31-25-23-17(12-18(42(33,34)35)14-21(23)28-27(32)16-7-2-1-3-8-16)13-22(43(36,37)38)24(25)30-29-20-11-10-15-6-4-5-9-19(15)26(20)44(39,40)41;;;/h1-14,31H,(H,28,32)(H,33,34,35)(H,36,37,38)(H,39,40,41);;;/q;3*+1/p-3. The summed E-state index contributed by atoms with van der Waals surface area (Å²) in [7, 11) is -15.9. The number of fused-ring (bicyclic) bond motifs is 2. The van der Waals surface area contributed by atoms with Crippen molar-refractivity contribution in [1.82, 2.24) is 0 Å². The first kappa shape index (κ1) is 40.2. The number of azo groups is 1. The van der Waals surface area contributed by atoms with Crippen LogP contribution in [-0.2, 0) is 30.4 Å². The first-order valence-electron chi connectivity index (χ1n) is 12.1. The first-order valence-corrected chi connectivity index (χ1v) is 16.3. The number of phenols is 1. The van der Waals surface area contributed by atoms with E-state index in [1.807, 2.05) is 0 Å². The van der Waals surface area contributed by atoms with E-state index in [0.29, 0.717) is 23.6 Å². The second-order valence-electron chi connectivity index (χ2n) is 9.16. The van der Waals surface area contributed by atoms with E-state index in [1.165, 1.54) is 48.5 Å². The summed E-state index contributed by atoms with van der Waals surface area (Å²) in [5.74, 6) is -1.93. The number of carbonyl (C=O) groups is 1. The van der Waals surface area contributed by atoms with E-state index in [2.05, 4.69) is 15.5 Å². The van der Waals surface area contributed by atoms with Gasteiger partial charge in [-0.05, 0) is 47.2 Å². The maximum Gasteiger partial charge on any atom is 1.00 e.